The molecule has 2 aliphatic rings. The molecule has 7 heteroatoms. The number of hydrogen-bond donors (Lipinski definition) is 0. The molecule has 1 amide bonds. The fourth-order valence-corrected chi connectivity index (χ4v) is 3.60. The van der Waals surface area contributed by atoms with E-state index in [1.165, 1.54) is 0 Å². The summed E-state index contributed by atoms with van der Waals surface area (Å²) in [6.07, 6.45) is 3.47. The predicted octanol–water partition coefficient (Wildman–Crippen LogP) is 2.67. The van der Waals surface area contributed by atoms with Crippen molar-refractivity contribution in [2.24, 2.45) is 0 Å². The number of carbonyl (C=O) groups excluding carboxylic acids is 1. The number of benzene rings is 1. The first-order valence-electron chi connectivity index (χ1n) is 9.55. The molecule has 1 aromatic heterocycles. The number of rotatable bonds is 5. The Kier molecular flexibility index (Phi) is 5.29. The molecular weight excluding hydrogens is 346 g/mol. The molecule has 2 aliphatic heterocycles. The maximum absolute atomic E-state index is 13.1. The van der Waals surface area contributed by atoms with E-state index in [9.17, 15) is 4.79 Å². The van der Waals surface area contributed by atoms with Crippen LogP contribution < -0.4 is 9.47 Å². The van der Waals surface area contributed by atoms with Crippen LogP contribution in [0.2, 0.25) is 0 Å². The molecule has 1 unspecified atom stereocenters. The maximum atomic E-state index is 13.1. The zero-order chi connectivity index (χ0) is 18.6. The first-order chi connectivity index (χ1) is 13.3. The second-order valence-corrected chi connectivity index (χ2v) is 6.80. The molecule has 0 N–H and O–H groups in total. The Hall–Kier alpha value is -2.54. The summed E-state index contributed by atoms with van der Waals surface area (Å²) < 4.78 is 18.9. The number of hydrogen-bond acceptors (Lipinski definition) is 5. The van der Waals surface area contributed by atoms with Gasteiger partial charge in [-0.25, -0.2) is 0 Å². The van der Waals surface area contributed by atoms with Crippen LogP contribution in [0.1, 0.15) is 41.9 Å². The van der Waals surface area contributed by atoms with Crippen LogP contribution in [0, 0.1) is 0 Å². The second kappa shape index (κ2) is 8.00. The van der Waals surface area contributed by atoms with E-state index in [4.69, 9.17) is 14.2 Å². The highest BCUT2D eigenvalue weighted by Crippen LogP contribution is 2.32. The van der Waals surface area contributed by atoms with Crippen LogP contribution >= 0.6 is 0 Å². The van der Waals surface area contributed by atoms with Gasteiger partial charge in [0.1, 0.15) is 0 Å². The highest BCUT2D eigenvalue weighted by Gasteiger charge is 2.29. The van der Waals surface area contributed by atoms with Crippen molar-refractivity contribution in [2.45, 2.75) is 32.4 Å². The number of fused-ring (bicyclic) bond motifs is 2. The normalized spacial score (nSPS) is 18.7. The minimum Gasteiger partial charge on any atom is -0.490 e. The lowest BCUT2D eigenvalue weighted by atomic mass is 10.1. The molecule has 27 heavy (non-hydrogen) atoms. The van der Waals surface area contributed by atoms with E-state index in [1.807, 2.05) is 34.7 Å². The van der Waals surface area contributed by atoms with Gasteiger partial charge >= 0.3 is 0 Å². The zero-order valence-corrected chi connectivity index (χ0v) is 15.6. The fraction of sp³-hybridized carbons (Fsp3) is 0.500. The smallest absolute Gasteiger partial charge is 0.254 e. The summed E-state index contributed by atoms with van der Waals surface area (Å²) in [4.78, 5) is 15.0. The molecule has 3 heterocycles. The quantitative estimate of drug-likeness (QED) is 0.756. The summed E-state index contributed by atoms with van der Waals surface area (Å²) in [5, 5.41) is 4.44. The summed E-state index contributed by atoms with van der Waals surface area (Å²) >= 11 is 0. The molecule has 0 saturated heterocycles. The van der Waals surface area contributed by atoms with Gasteiger partial charge in [0.05, 0.1) is 31.5 Å². The Morgan fingerprint density at radius 1 is 1.26 bits per heavy atom. The zero-order valence-electron chi connectivity index (χ0n) is 15.6. The summed E-state index contributed by atoms with van der Waals surface area (Å²) in [7, 11) is 0. The molecule has 144 valence electrons. The minimum absolute atomic E-state index is 0.000457. The van der Waals surface area contributed by atoms with E-state index in [0.717, 1.165) is 18.5 Å². The average Bonchev–Trinajstić information content (AvgIpc) is 3.04. The summed E-state index contributed by atoms with van der Waals surface area (Å²) in [6.45, 7) is 5.75. The van der Waals surface area contributed by atoms with Crippen molar-refractivity contribution in [3.8, 4) is 11.5 Å². The Morgan fingerprint density at radius 3 is 2.96 bits per heavy atom. The van der Waals surface area contributed by atoms with Crippen LogP contribution in [0.3, 0.4) is 0 Å². The van der Waals surface area contributed by atoms with Crippen molar-refractivity contribution in [1.29, 1.82) is 0 Å². The van der Waals surface area contributed by atoms with Crippen molar-refractivity contribution >= 4 is 5.91 Å². The number of ether oxygens (including phenoxy) is 3. The third-order valence-electron chi connectivity index (χ3n) is 4.96. The van der Waals surface area contributed by atoms with Crippen molar-refractivity contribution in [1.82, 2.24) is 14.7 Å². The van der Waals surface area contributed by atoms with Gasteiger partial charge in [-0.15, -0.1) is 0 Å². The standard InChI is InChI=1S/C20H25N3O4/c1-2-25-11-7-17-14-22(13-16-6-8-21-23(16)17)20(24)15-4-5-18-19(12-15)27-10-3-9-26-18/h4-6,8,12,17H,2-3,7,9-11,13-14H2,1H3. The third-order valence-corrected chi connectivity index (χ3v) is 4.96. The van der Waals surface area contributed by atoms with Crippen LogP contribution in [0.4, 0.5) is 0 Å². The first kappa shape index (κ1) is 17.9. The Balaban J connectivity index is 1.53. The lowest BCUT2D eigenvalue weighted by Crippen LogP contribution is -2.41. The minimum atomic E-state index is -0.000457. The highest BCUT2D eigenvalue weighted by atomic mass is 16.5. The van der Waals surface area contributed by atoms with Crippen LogP contribution in [-0.2, 0) is 11.3 Å². The largest absolute Gasteiger partial charge is 0.490 e. The summed E-state index contributed by atoms with van der Waals surface area (Å²) in [5.74, 6) is 1.35. The van der Waals surface area contributed by atoms with Crippen molar-refractivity contribution in [3.63, 3.8) is 0 Å². The molecule has 1 aromatic carbocycles. The summed E-state index contributed by atoms with van der Waals surface area (Å²) in [5.41, 5.74) is 1.67. The molecule has 0 spiro atoms. The van der Waals surface area contributed by atoms with Gasteiger partial charge in [0.25, 0.3) is 5.91 Å². The van der Waals surface area contributed by atoms with Gasteiger partial charge in [-0.05, 0) is 37.6 Å². The number of carbonyl (C=O) groups is 1. The molecular formula is C20H25N3O4. The molecule has 2 aromatic rings. The molecule has 0 radical (unpaired) electrons. The van der Waals surface area contributed by atoms with E-state index in [2.05, 4.69) is 5.10 Å². The number of amides is 1. The molecule has 1 atom stereocenters. The van der Waals surface area contributed by atoms with Crippen molar-refractivity contribution in [2.75, 3.05) is 33.0 Å². The van der Waals surface area contributed by atoms with E-state index in [0.29, 0.717) is 56.6 Å². The van der Waals surface area contributed by atoms with Gasteiger partial charge in [-0.2, -0.15) is 5.10 Å². The van der Waals surface area contributed by atoms with E-state index < -0.39 is 0 Å². The van der Waals surface area contributed by atoms with E-state index >= 15 is 0 Å². The number of nitrogens with zero attached hydrogens (tertiary/aromatic N) is 3. The predicted molar refractivity (Wildman–Crippen MR) is 99.2 cm³/mol. The van der Waals surface area contributed by atoms with Crippen LogP contribution in [-0.4, -0.2) is 53.6 Å². The van der Waals surface area contributed by atoms with Gasteiger partial charge in [0.2, 0.25) is 0 Å². The van der Waals surface area contributed by atoms with Crippen molar-refractivity contribution in [3.05, 3.63) is 41.7 Å². The van der Waals surface area contributed by atoms with E-state index in [1.54, 1.807) is 12.3 Å². The Labute approximate surface area is 158 Å². The van der Waals surface area contributed by atoms with Gasteiger partial charge in [-0.3, -0.25) is 9.48 Å². The lowest BCUT2D eigenvalue weighted by Gasteiger charge is -2.34. The lowest BCUT2D eigenvalue weighted by molar-refractivity contribution is 0.0625. The summed E-state index contributed by atoms with van der Waals surface area (Å²) in [6, 6.07) is 7.54. The van der Waals surface area contributed by atoms with Crippen LogP contribution in [0.15, 0.2) is 30.5 Å². The van der Waals surface area contributed by atoms with Gasteiger partial charge in [0, 0.05) is 37.9 Å². The molecule has 4 rings (SSSR count). The van der Waals surface area contributed by atoms with Crippen LogP contribution in [0.25, 0.3) is 0 Å². The topological polar surface area (TPSA) is 65.8 Å². The molecule has 0 fully saturated rings. The van der Waals surface area contributed by atoms with E-state index in [-0.39, 0.29) is 11.9 Å². The first-order valence-corrected chi connectivity index (χ1v) is 9.55. The molecule has 7 nitrogen and oxygen atoms in total. The Bertz CT molecular complexity index is 804. The SMILES string of the molecule is CCOCCC1CN(C(=O)c2ccc3c(c2)OCCCO3)Cc2ccnn21. The monoisotopic (exact) mass is 371 g/mol. The van der Waals surface area contributed by atoms with Gasteiger partial charge in [0.15, 0.2) is 11.5 Å². The Morgan fingerprint density at radius 2 is 2.11 bits per heavy atom. The molecule has 0 bridgehead atoms. The van der Waals surface area contributed by atoms with Crippen molar-refractivity contribution < 1.29 is 19.0 Å². The van der Waals surface area contributed by atoms with Gasteiger partial charge < -0.3 is 19.1 Å². The second-order valence-electron chi connectivity index (χ2n) is 6.80. The third kappa shape index (κ3) is 3.78. The number of aromatic nitrogens is 2. The molecule has 0 saturated carbocycles. The maximum Gasteiger partial charge on any atom is 0.254 e. The highest BCUT2D eigenvalue weighted by molar-refractivity contribution is 5.95. The van der Waals surface area contributed by atoms with Crippen LogP contribution in [0.5, 0.6) is 11.5 Å². The average molecular weight is 371 g/mol. The molecule has 0 aliphatic carbocycles. The van der Waals surface area contributed by atoms with Gasteiger partial charge in [-0.1, -0.05) is 0 Å². The fourth-order valence-electron chi connectivity index (χ4n) is 3.60.